The zero-order valence-electron chi connectivity index (χ0n) is 12.7. The molecule has 2 saturated heterocycles. The Kier molecular flexibility index (Phi) is 4.15. The van der Waals surface area contributed by atoms with E-state index in [1.165, 1.54) is 19.3 Å². The monoisotopic (exact) mass is 277 g/mol. The molecule has 4 nitrogen and oxygen atoms in total. The van der Waals surface area contributed by atoms with Crippen LogP contribution in [0.15, 0.2) is 16.5 Å². The normalized spacial score (nSPS) is 29.6. The Morgan fingerprint density at radius 1 is 1.30 bits per heavy atom. The Hall–Kier alpha value is -0.840. The second kappa shape index (κ2) is 5.88. The number of likely N-dealkylation sites (N-methyl/N-ethyl adjacent to an activating group) is 1. The molecule has 3 unspecified atom stereocenters. The number of nitrogens with zero attached hydrogens (tertiary/aromatic N) is 2. The lowest BCUT2D eigenvalue weighted by Crippen LogP contribution is -2.40. The maximum Gasteiger partial charge on any atom is 0.122 e. The van der Waals surface area contributed by atoms with Gasteiger partial charge < -0.3 is 10.2 Å². The van der Waals surface area contributed by atoms with Crippen LogP contribution in [0.1, 0.15) is 43.7 Å². The smallest absolute Gasteiger partial charge is 0.122 e. The number of nitrogens with two attached hydrogens (primary N) is 1. The Morgan fingerprint density at radius 2 is 2.10 bits per heavy atom. The zero-order valence-corrected chi connectivity index (χ0v) is 12.7. The number of rotatable bonds is 4. The highest BCUT2D eigenvalue weighted by Crippen LogP contribution is 2.32. The molecule has 3 rings (SSSR count). The first-order chi connectivity index (χ1) is 9.72. The summed E-state index contributed by atoms with van der Waals surface area (Å²) in [5.41, 5.74) is 6.05. The highest BCUT2D eigenvalue weighted by atomic mass is 16.3. The topological polar surface area (TPSA) is 45.6 Å². The van der Waals surface area contributed by atoms with Gasteiger partial charge in [-0.15, -0.1) is 0 Å². The van der Waals surface area contributed by atoms with Gasteiger partial charge in [0.15, 0.2) is 0 Å². The molecule has 2 aliphatic heterocycles. The van der Waals surface area contributed by atoms with Crippen LogP contribution in [0, 0.1) is 0 Å². The van der Waals surface area contributed by atoms with Gasteiger partial charge in [-0.25, -0.2) is 0 Å². The molecular weight excluding hydrogens is 250 g/mol. The second-order valence-electron chi connectivity index (χ2n) is 6.24. The van der Waals surface area contributed by atoms with Crippen LogP contribution in [0.3, 0.4) is 0 Å². The van der Waals surface area contributed by atoms with Crippen LogP contribution in [0.25, 0.3) is 0 Å². The molecule has 0 radical (unpaired) electrons. The summed E-state index contributed by atoms with van der Waals surface area (Å²) in [7, 11) is 2.28. The number of furan rings is 1. The Bertz CT molecular complexity index is 445. The van der Waals surface area contributed by atoms with Crippen LogP contribution in [0.2, 0.25) is 0 Å². The summed E-state index contributed by atoms with van der Waals surface area (Å²) in [5, 5.41) is 0. The second-order valence-corrected chi connectivity index (χ2v) is 6.24. The highest BCUT2D eigenvalue weighted by Gasteiger charge is 2.37. The first-order valence-corrected chi connectivity index (χ1v) is 7.97. The van der Waals surface area contributed by atoms with E-state index in [2.05, 4.69) is 35.9 Å². The van der Waals surface area contributed by atoms with Crippen molar-refractivity contribution < 1.29 is 4.42 Å². The zero-order chi connectivity index (χ0) is 14.1. The molecule has 0 saturated carbocycles. The molecular formula is C16H27N3O. The van der Waals surface area contributed by atoms with Crippen LogP contribution < -0.4 is 5.73 Å². The van der Waals surface area contributed by atoms with Crippen molar-refractivity contribution in [1.29, 1.82) is 0 Å². The van der Waals surface area contributed by atoms with Gasteiger partial charge in [0.25, 0.3) is 0 Å². The van der Waals surface area contributed by atoms with Crippen molar-refractivity contribution >= 4 is 0 Å². The molecule has 0 aromatic carbocycles. The molecule has 3 atom stereocenters. The molecule has 2 fully saturated rings. The summed E-state index contributed by atoms with van der Waals surface area (Å²) in [5.74, 6) is 2.11. The Labute approximate surface area is 121 Å². The first kappa shape index (κ1) is 14.1. The van der Waals surface area contributed by atoms with Gasteiger partial charge in [0.2, 0.25) is 0 Å². The molecule has 0 amide bonds. The van der Waals surface area contributed by atoms with Gasteiger partial charge in [0, 0.05) is 38.1 Å². The average Bonchev–Trinajstić information content (AvgIpc) is 2.99. The van der Waals surface area contributed by atoms with Crippen LogP contribution in [-0.4, -0.2) is 48.6 Å². The van der Waals surface area contributed by atoms with E-state index >= 15 is 0 Å². The Morgan fingerprint density at radius 3 is 2.80 bits per heavy atom. The molecule has 4 heteroatoms. The standard InChI is InChI=1S/C16H27N3O/c1-3-14-6-7-16(20-14)15(10-17)19-9-8-12-4-5-13(11-19)18(12)2/h6-7,12-13,15H,3-5,8-11,17H2,1-2H3. The number of hydrogen-bond donors (Lipinski definition) is 1. The SMILES string of the molecule is CCc1ccc(C(CN)N2CCC3CCC(C2)N3C)o1. The minimum Gasteiger partial charge on any atom is -0.464 e. The fraction of sp³-hybridized carbons (Fsp3) is 0.750. The van der Waals surface area contributed by atoms with Gasteiger partial charge in [0.1, 0.15) is 11.5 Å². The third-order valence-corrected chi connectivity index (χ3v) is 5.20. The molecule has 0 spiro atoms. The summed E-state index contributed by atoms with van der Waals surface area (Å²) in [6, 6.07) is 5.91. The predicted octanol–water partition coefficient (Wildman–Crippen LogP) is 2.01. The van der Waals surface area contributed by atoms with Gasteiger partial charge in [-0.05, 0) is 38.4 Å². The van der Waals surface area contributed by atoms with E-state index in [1.807, 2.05) is 0 Å². The summed E-state index contributed by atoms with van der Waals surface area (Å²) in [4.78, 5) is 5.12. The summed E-state index contributed by atoms with van der Waals surface area (Å²) in [6.07, 6.45) is 4.89. The van der Waals surface area contributed by atoms with Crippen molar-refractivity contribution in [2.24, 2.45) is 5.73 Å². The van der Waals surface area contributed by atoms with Crippen molar-refractivity contribution in [3.63, 3.8) is 0 Å². The van der Waals surface area contributed by atoms with Crippen LogP contribution in [0.5, 0.6) is 0 Å². The van der Waals surface area contributed by atoms with Crippen molar-refractivity contribution in [2.45, 2.75) is 50.7 Å². The van der Waals surface area contributed by atoms with Crippen molar-refractivity contribution in [2.75, 3.05) is 26.7 Å². The van der Waals surface area contributed by atoms with E-state index < -0.39 is 0 Å². The van der Waals surface area contributed by atoms with Gasteiger partial charge in [-0.3, -0.25) is 9.80 Å². The lowest BCUT2D eigenvalue weighted by atomic mass is 10.1. The van der Waals surface area contributed by atoms with Gasteiger partial charge in [-0.1, -0.05) is 6.92 Å². The van der Waals surface area contributed by atoms with Crippen LogP contribution in [-0.2, 0) is 6.42 Å². The molecule has 112 valence electrons. The third kappa shape index (κ3) is 2.52. The van der Waals surface area contributed by atoms with Crippen molar-refractivity contribution in [1.82, 2.24) is 9.80 Å². The summed E-state index contributed by atoms with van der Waals surface area (Å²) >= 11 is 0. The van der Waals surface area contributed by atoms with E-state index in [0.717, 1.165) is 37.1 Å². The number of aryl methyl sites for hydroxylation is 1. The van der Waals surface area contributed by atoms with E-state index in [9.17, 15) is 0 Å². The van der Waals surface area contributed by atoms with E-state index in [0.29, 0.717) is 12.6 Å². The van der Waals surface area contributed by atoms with Crippen molar-refractivity contribution in [3.8, 4) is 0 Å². The first-order valence-electron chi connectivity index (χ1n) is 7.97. The maximum atomic E-state index is 6.05. The van der Waals surface area contributed by atoms with Crippen LogP contribution >= 0.6 is 0 Å². The van der Waals surface area contributed by atoms with E-state index in [4.69, 9.17) is 10.2 Å². The summed E-state index contributed by atoms with van der Waals surface area (Å²) < 4.78 is 5.95. The van der Waals surface area contributed by atoms with Crippen LogP contribution in [0.4, 0.5) is 0 Å². The van der Waals surface area contributed by atoms with Crippen molar-refractivity contribution in [3.05, 3.63) is 23.7 Å². The Balaban J connectivity index is 1.76. The van der Waals surface area contributed by atoms with Gasteiger partial charge in [0.05, 0.1) is 6.04 Å². The minimum atomic E-state index is 0.239. The highest BCUT2D eigenvalue weighted by molar-refractivity contribution is 5.12. The third-order valence-electron chi connectivity index (χ3n) is 5.20. The molecule has 1 aromatic heterocycles. The quantitative estimate of drug-likeness (QED) is 0.914. The fourth-order valence-corrected chi connectivity index (χ4v) is 3.83. The maximum absolute atomic E-state index is 6.05. The molecule has 0 aliphatic carbocycles. The molecule has 2 bridgehead atoms. The molecule has 20 heavy (non-hydrogen) atoms. The van der Waals surface area contributed by atoms with E-state index in [-0.39, 0.29) is 6.04 Å². The minimum absolute atomic E-state index is 0.239. The number of fused-ring (bicyclic) bond motifs is 2. The molecule has 1 aromatic rings. The fourth-order valence-electron chi connectivity index (χ4n) is 3.83. The lowest BCUT2D eigenvalue weighted by Gasteiger charge is -2.31. The number of hydrogen-bond acceptors (Lipinski definition) is 4. The average molecular weight is 277 g/mol. The predicted molar refractivity (Wildman–Crippen MR) is 80.6 cm³/mol. The lowest BCUT2D eigenvalue weighted by molar-refractivity contribution is 0.157. The van der Waals surface area contributed by atoms with Gasteiger partial charge in [-0.2, -0.15) is 0 Å². The number of likely N-dealkylation sites (tertiary alicyclic amines) is 1. The van der Waals surface area contributed by atoms with Gasteiger partial charge >= 0.3 is 0 Å². The summed E-state index contributed by atoms with van der Waals surface area (Å²) in [6.45, 7) is 5.02. The molecule has 2 N–H and O–H groups in total. The molecule has 3 heterocycles. The largest absolute Gasteiger partial charge is 0.464 e. The van der Waals surface area contributed by atoms with E-state index in [1.54, 1.807) is 0 Å². The molecule has 2 aliphatic rings.